The topological polar surface area (TPSA) is 99.4 Å². The molecule has 166 valence electrons. The van der Waals surface area contributed by atoms with E-state index in [1.807, 2.05) is 0 Å². The van der Waals surface area contributed by atoms with Crippen molar-refractivity contribution in [3.63, 3.8) is 0 Å². The molecule has 0 radical (unpaired) electrons. The largest absolute Gasteiger partial charge is 0.449 e. The van der Waals surface area contributed by atoms with Crippen molar-refractivity contribution >= 4 is 35.2 Å². The van der Waals surface area contributed by atoms with Gasteiger partial charge in [-0.3, -0.25) is 14.2 Å². The van der Waals surface area contributed by atoms with Crippen molar-refractivity contribution in [3.8, 4) is 0 Å². The van der Waals surface area contributed by atoms with Gasteiger partial charge in [0.2, 0.25) is 0 Å². The van der Waals surface area contributed by atoms with Crippen molar-refractivity contribution < 1.29 is 27.5 Å². The van der Waals surface area contributed by atoms with E-state index in [1.165, 1.54) is 33.3 Å². The predicted octanol–water partition coefficient (Wildman–Crippen LogP) is 2.34. The van der Waals surface area contributed by atoms with Crippen LogP contribution in [-0.2, 0) is 34.6 Å². The van der Waals surface area contributed by atoms with E-state index in [4.69, 9.17) is 16.3 Å². The molecule has 0 aliphatic rings. The molecule has 0 saturated carbocycles. The highest BCUT2D eigenvalue weighted by Gasteiger charge is 2.33. The molecule has 1 amide bonds. The first kappa shape index (κ1) is 23.9. The molecule has 1 atom stereocenters. The van der Waals surface area contributed by atoms with Gasteiger partial charge in [0.05, 0.1) is 16.1 Å². The van der Waals surface area contributed by atoms with Crippen LogP contribution in [0.4, 0.5) is 18.9 Å². The standard InChI is InChI=1S/C19H17ClF3N3O5/c1-10(16(28)24-12-5-6-14(20)13(8-12)19(21,22)23)31-15(27)7-4-11-9-25(2)18(30)26(3)17(11)29/h4-10H,1-3H3,(H,24,28)/b7-4+. The predicted molar refractivity (Wildman–Crippen MR) is 107 cm³/mol. The number of benzene rings is 1. The van der Waals surface area contributed by atoms with Crippen LogP contribution in [0.25, 0.3) is 6.08 Å². The molecule has 0 saturated heterocycles. The summed E-state index contributed by atoms with van der Waals surface area (Å²) in [7, 11) is 2.69. The second-order valence-electron chi connectivity index (χ2n) is 6.44. The molecule has 0 spiro atoms. The van der Waals surface area contributed by atoms with E-state index in [1.54, 1.807) is 0 Å². The number of halogens is 4. The summed E-state index contributed by atoms with van der Waals surface area (Å²) in [6, 6.07) is 2.80. The SMILES string of the molecule is CC(OC(=O)/C=C/c1cn(C)c(=O)n(C)c1=O)C(=O)Nc1ccc(Cl)c(C(F)(F)F)c1. The third-order valence-corrected chi connectivity index (χ3v) is 4.40. The normalized spacial score (nSPS) is 12.6. The molecular weight excluding hydrogens is 443 g/mol. The van der Waals surface area contributed by atoms with Gasteiger partial charge in [-0.25, -0.2) is 9.59 Å². The van der Waals surface area contributed by atoms with E-state index in [9.17, 15) is 32.3 Å². The molecule has 31 heavy (non-hydrogen) atoms. The number of nitrogens with zero attached hydrogens (tertiary/aromatic N) is 2. The Bertz CT molecular complexity index is 1170. The average Bonchev–Trinajstić information content (AvgIpc) is 2.68. The molecule has 12 heteroatoms. The van der Waals surface area contributed by atoms with Gasteiger partial charge in [-0.1, -0.05) is 11.6 Å². The van der Waals surface area contributed by atoms with Crippen LogP contribution >= 0.6 is 11.6 Å². The monoisotopic (exact) mass is 459 g/mol. The van der Waals surface area contributed by atoms with E-state index in [2.05, 4.69) is 5.32 Å². The summed E-state index contributed by atoms with van der Waals surface area (Å²) in [5.41, 5.74) is -2.47. The molecule has 1 aromatic heterocycles. The van der Waals surface area contributed by atoms with Crippen LogP contribution < -0.4 is 16.6 Å². The second kappa shape index (κ2) is 9.21. The summed E-state index contributed by atoms with van der Waals surface area (Å²) in [6.07, 6.45) is -2.84. The lowest BCUT2D eigenvalue weighted by Crippen LogP contribution is -2.37. The molecule has 1 N–H and O–H groups in total. The van der Waals surface area contributed by atoms with Gasteiger partial charge < -0.3 is 14.6 Å². The highest BCUT2D eigenvalue weighted by Crippen LogP contribution is 2.36. The van der Waals surface area contributed by atoms with Gasteiger partial charge in [-0.05, 0) is 31.2 Å². The highest BCUT2D eigenvalue weighted by molar-refractivity contribution is 6.31. The number of aromatic nitrogens is 2. The van der Waals surface area contributed by atoms with Crippen LogP contribution in [-0.4, -0.2) is 27.1 Å². The molecule has 2 aromatic rings. The van der Waals surface area contributed by atoms with Gasteiger partial charge >= 0.3 is 17.8 Å². The lowest BCUT2D eigenvalue weighted by Gasteiger charge is -2.14. The zero-order valence-corrected chi connectivity index (χ0v) is 17.2. The maximum absolute atomic E-state index is 12.9. The van der Waals surface area contributed by atoms with Gasteiger partial charge in [-0.2, -0.15) is 13.2 Å². The number of carbonyl (C=O) groups is 2. The summed E-state index contributed by atoms with van der Waals surface area (Å²) in [5.74, 6) is -1.86. The number of ether oxygens (including phenoxy) is 1. The molecule has 1 aromatic carbocycles. The zero-order chi connectivity index (χ0) is 23.5. The fourth-order valence-electron chi connectivity index (χ4n) is 2.44. The third kappa shape index (κ3) is 5.85. The quantitative estimate of drug-likeness (QED) is 0.546. The summed E-state index contributed by atoms with van der Waals surface area (Å²) >= 11 is 5.52. The first-order valence-electron chi connectivity index (χ1n) is 8.64. The molecule has 0 aliphatic carbocycles. The Morgan fingerprint density at radius 2 is 1.87 bits per heavy atom. The average molecular weight is 460 g/mol. The van der Waals surface area contributed by atoms with Gasteiger partial charge in [0.1, 0.15) is 0 Å². The summed E-state index contributed by atoms with van der Waals surface area (Å²) in [5, 5.41) is 1.67. The maximum atomic E-state index is 12.9. The fraction of sp³-hybridized carbons (Fsp3) is 0.263. The van der Waals surface area contributed by atoms with E-state index < -0.39 is 46.0 Å². The Balaban J connectivity index is 2.07. The molecule has 1 heterocycles. The van der Waals surface area contributed by atoms with Gasteiger partial charge in [0.25, 0.3) is 11.5 Å². The Morgan fingerprint density at radius 3 is 2.48 bits per heavy atom. The minimum absolute atomic E-state index is 0.0273. The summed E-state index contributed by atoms with van der Waals surface area (Å²) < 4.78 is 45.6. The summed E-state index contributed by atoms with van der Waals surface area (Å²) in [6.45, 7) is 1.22. The van der Waals surface area contributed by atoms with E-state index >= 15 is 0 Å². The number of aryl methyl sites for hydroxylation is 1. The van der Waals surface area contributed by atoms with Crippen LogP contribution in [0.5, 0.6) is 0 Å². The number of amides is 1. The van der Waals surface area contributed by atoms with Crippen molar-refractivity contribution in [2.75, 3.05) is 5.32 Å². The smallest absolute Gasteiger partial charge is 0.417 e. The van der Waals surface area contributed by atoms with Crippen LogP contribution in [0.15, 0.2) is 40.1 Å². The first-order valence-corrected chi connectivity index (χ1v) is 9.02. The zero-order valence-electron chi connectivity index (χ0n) is 16.5. The number of carbonyl (C=O) groups excluding carboxylic acids is 2. The van der Waals surface area contributed by atoms with E-state index in [-0.39, 0.29) is 11.3 Å². The Kier molecular flexibility index (Phi) is 7.11. The van der Waals surface area contributed by atoms with Crippen molar-refractivity contribution in [2.24, 2.45) is 14.1 Å². The molecular formula is C19H17ClF3N3O5. The van der Waals surface area contributed by atoms with Crippen molar-refractivity contribution in [1.29, 1.82) is 0 Å². The van der Waals surface area contributed by atoms with Crippen LogP contribution in [0.2, 0.25) is 5.02 Å². The molecule has 2 rings (SSSR count). The van der Waals surface area contributed by atoms with Crippen LogP contribution in [0, 0.1) is 0 Å². The van der Waals surface area contributed by atoms with Crippen molar-refractivity contribution in [2.45, 2.75) is 19.2 Å². The van der Waals surface area contributed by atoms with E-state index in [0.717, 1.165) is 27.4 Å². The molecule has 1 unspecified atom stereocenters. The lowest BCUT2D eigenvalue weighted by atomic mass is 10.2. The number of rotatable bonds is 5. The number of nitrogens with one attached hydrogen (secondary N) is 1. The number of esters is 1. The van der Waals surface area contributed by atoms with Crippen LogP contribution in [0.3, 0.4) is 0 Å². The number of hydrogen-bond donors (Lipinski definition) is 1. The number of anilines is 1. The van der Waals surface area contributed by atoms with Gasteiger partial charge in [0, 0.05) is 32.1 Å². The van der Waals surface area contributed by atoms with Crippen molar-refractivity contribution in [3.05, 3.63) is 67.5 Å². The molecule has 8 nitrogen and oxygen atoms in total. The Morgan fingerprint density at radius 1 is 1.23 bits per heavy atom. The third-order valence-electron chi connectivity index (χ3n) is 4.07. The van der Waals surface area contributed by atoms with Crippen LogP contribution in [0.1, 0.15) is 18.1 Å². The second-order valence-corrected chi connectivity index (χ2v) is 6.84. The maximum Gasteiger partial charge on any atom is 0.417 e. The number of alkyl halides is 3. The van der Waals surface area contributed by atoms with Gasteiger partial charge in [-0.15, -0.1) is 0 Å². The molecule has 0 aliphatic heterocycles. The highest BCUT2D eigenvalue weighted by atomic mass is 35.5. The minimum Gasteiger partial charge on any atom is -0.449 e. The Hall–Kier alpha value is -3.34. The first-order chi connectivity index (χ1) is 14.3. The molecule has 0 fully saturated rings. The molecule has 0 bridgehead atoms. The fourth-order valence-corrected chi connectivity index (χ4v) is 2.66. The van der Waals surface area contributed by atoms with Gasteiger partial charge in [0.15, 0.2) is 6.10 Å². The Labute approximate surface area is 178 Å². The van der Waals surface area contributed by atoms with Crippen molar-refractivity contribution in [1.82, 2.24) is 9.13 Å². The van der Waals surface area contributed by atoms with E-state index in [0.29, 0.717) is 6.07 Å². The lowest BCUT2D eigenvalue weighted by molar-refractivity contribution is -0.148. The number of hydrogen-bond acceptors (Lipinski definition) is 5. The minimum atomic E-state index is -4.71. The summed E-state index contributed by atoms with van der Waals surface area (Å²) in [4.78, 5) is 47.7.